The summed E-state index contributed by atoms with van der Waals surface area (Å²) >= 11 is 7.70. The Morgan fingerprint density at radius 2 is 1.68 bits per heavy atom. The van der Waals surface area contributed by atoms with E-state index in [1.807, 2.05) is 11.0 Å². The molecule has 2 N–H and O–H groups in total. The van der Waals surface area contributed by atoms with E-state index in [2.05, 4.69) is 0 Å². The molecule has 2 aliphatic heterocycles. The number of fused-ring (bicyclic) bond motifs is 2. The van der Waals surface area contributed by atoms with E-state index in [4.69, 9.17) is 22.6 Å². The molecule has 2 aromatic carbocycles. The van der Waals surface area contributed by atoms with Crippen LogP contribution in [0.15, 0.2) is 46.2 Å². The lowest BCUT2D eigenvalue weighted by Gasteiger charge is -2.36. The van der Waals surface area contributed by atoms with Gasteiger partial charge in [0.05, 0.1) is 18.0 Å². The molecular weight excluding hydrogens is 394 g/mol. The highest BCUT2D eigenvalue weighted by Crippen LogP contribution is 2.49. The SMILES string of the molecule is [2H]C1([2H])N(CCO)C([2H])([2H])C([2H])([2H])N(CCCN2c3ccc(O)cc3Sc3ccc(Cl)cc32)C1([2H])[2H]. The Balaban J connectivity index is 1.64. The van der Waals surface area contributed by atoms with Crippen molar-refractivity contribution in [3.05, 3.63) is 41.4 Å². The van der Waals surface area contributed by atoms with Gasteiger partial charge >= 0.3 is 0 Å². The van der Waals surface area contributed by atoms with E-state index in [1.165, 1.54) is 11.8 Å². The van der Waals surface area contributed by atoms with Gasteiger partial charge in [0.25, 0.3) is 0 Å². The Kier molecular flexibility index (Phi) is 3.92. The van der Waals surface area contributed by atoms with E-state index in [0.29, 0.717) is 14.8 Å². The van der Waals surface area contributed by atoms with Crippen molar-refractivity contribution < 1.29 is 21.2 Å². The summed E-state index contributed by atoms with van der Waals surface area (Å²) < 4.78 is 67.2. The van der Waals surface area contributed by atoms with Crippen LogP contribution in [0.5, 0.6) is 5.75 Å². The predicted molar refractivity (Wildman–Crippen MR) is 115 cm³/mol. The van der Waals surface area contributed by atoms with Crippen LogP contribution in [0.1, 0.15) is 17.4 Å². The first-order chi connectivity index (χ1) is 16.7. The molecule has 28 heavy (non-hydrogen) atoms. The van der Waals surface area contributed by atoms with Gasteiger partial charge in [-0.15, -0.1) is 0 Å². The Morgan fingerprint density at radius 1 is 0.929 bits per heavy atom. The number of aliphatic hydroxyl groups is 1. The van der Waals surface area contributed by atoms with Gasteiger partial charge in [0.2, 0.25) is 0 Å². The van der Waals surface area contributed by atoms with Gasteiger partial charge in [-0.05, 0) is 49.4 Å². The first-order valence-electron chi connectivity index (χ1n) is 12.9. The second-order valence-corrected chi connectivity index (χ2v) is 7.87. The average molecular weight is 428 g/mol. The van der Waals surface area contributed by atoms with Crippen molar-refractivity contribution >= 4 is 34.7 Å². The zero-order valence-corrected chi connectivity index (χ0v) is 16.6. The number of β-amino-alcohol motifs (C(OH)–C–C–N with tert-alkyl or cyclic N) is 1. The quantitative estimate of drug-likeness (QED) is 0.733. The highest BCUT2D eigenvalue weighted by molar-refractivity contribution is 7.99. The number of benzene rings is 2. The first kappa shape index (κ1) is 12.3. The van der Waals surface area contributed by atoms with Gasteiger partial charge in [-0.1, -0.05) is 23.4 Å². The molecule has 150 valence electrons. The highest BCUT2D eigenvalue weighted by atomic mass is 35.5. The molecule has 1 saturated heterocycles. The van der Waals surface area contributed by atoms with Gasteiger partial charge in [-0.3, -0.25) is 4.90 Å². The molecule has 1 fully saturated rings. The summed E-state index contributed by atoms with van der Waals surface area (Å²) in [5.74, 6) is 0.102. The van der Waals surface area contributed by atoms with Crippen LogP contribution in [-0.4, -0.2) is 72.2 Å². The zero-order valence-electron chi connectivity index (χ0n) is 23.0. The van der Waals surface area contributed by atoms with Crippen LogP contribution in [0.3, 0.4) is 0 Å². The molecule has 0 spiro atoms. The molecule has 5 nitrogen and oxygen atoms in total. The number of phenolic OH excluding ortho intramolecular Hbond substituents is 1. The van der Waals surface area contributed by atoms with Gasteiger partial charge in [-0.2, -0.15) is 0 Å². The average Bonchev–Trinajstić information content (AvgIpc) is 2.78. The van der Waals surface area contributed by atoms with Crippen molar-refractivity contribution in [2.75, 3.05) is 57.1 Å². The number of piperazine rings is 1. The van der Waals surface area contributed by atoms with Gasteiger partial charge in [0, 0.05) is 64.9 Å². The lowest BCUT2D eigenvalue weighted by molar-refractivity contribution is 0.112. The van der Waals surface area contributed by atoms with Crippen LogP contribution in [0.4, 0.5) is 11.4 Å². The number of aliphatic hydroxyl groups excluding tert-OH is 1. The fourth-order valence-corrected chi connectivity index (χ4v) is 4.37. The number of nitrogens with zero attached hydrogens (tertiary/aromatic N) is 3. The standard InChI is InChI=1S/C21H26ClN3O2S/c22-16-2-5-20-19(14-16)25(18-4-3-17(27)15-21(18)28-20)7-1-6-23-8-10-24(11-9-23)12-13-26/h2-5,14-15,26-27H,1,6-13H2/i8D2,9D2,10D2,11D2. The summed E-state index contributed by atoms with van der Waals surface area (Å²) in [7, 11) is 0. The van der Waals surface area contributed by atoms with Crippen molar-refractivity contribution in [3.63, 3.8) is 0 Å². The normalized spacial score (nSPS) is 28.9. The molecule has 2 heterocycles. The molecule has 0 aliphatic carbocycles. The fraction of sp³-hybridized carbons (Fsp3) is 0.429. The Bertz CT molecular complexity index is 1130. The number of phenols is 1. The lowest BCUT2D eigenvalue weighted by Crippen LogP contribution is -2.47. The van der Waals surface area contributed by atoms with Crippen molar-refractivity contribution in [1.29, 1.82) is 0 Å². The molecule has 0 saturated carbocycles. The maximum atomic E-state index is 9.95. The van der Waals surface area contributed by atoms with Crippen molar-refractivity contribution in [2.24, 2.45) is 0 Å². The van der Waals surface area contributed by atoms with Crippen LogP contribution in [0.25, 0.3) is 0 Å². The molecule has 0 aromatic heterocycles. The number of hydrogen-bond acceptors (Lipinski definition) is 6. The minimum atomic E-state index is -2.92. The number of rotatable bonds is 6. The number of aromatic hydroxyl groups is 1. The summed E-state index contributed by atoms with van der Waals surface area (Å²) in [5, 5.41) is 19.8. The second-order valence-electron chi connectivity index (χ2n) is 6.35. The van der Waals surface area contributed by atoms with E-state index < -0.39 is 39.1 Å². The summed E-state index contributed by atoms with van der Waals surface area (Å²) in [4.78, 5) is 4.61. The van der Waals surface area contributed by atoms with E-state index >= 15 is 0 Å². The van der Waals surface area contributed by atoms with Gasteiger partial charge in [0.15, 0.2) is 0 Å². The smallest absolute Gasteiger partial charge is 0.116 e. The Hall–Kier alpha value is -1.44. The van der Waals surface area contributed by atoms with Crippen LogP contribution in [-0.2, 0) is 0 Å². The second kappa shape index (κ2) is 8.93. The third-order valence-electron chi connectivity index (χ3n) is 4.39. The molecular formula is C21H26ClN3O2S. The fourth-order valence-electron chi connectivity index (χ4n) is 3.09. The molecule has 0 radical (unpaired) electrons. The number of halogens is 1. The van der Waals surface area contributed by atoms with Crippen molar-refractivity contribution in [1.82, 2.24) is 9.80 Å². The third kappa shape index (κ3) is 4.42. The molecule has 0 atom stereocenters. The molecule has 4 rings (SSSR count). The Morgan fingerprint density at radius 3 is 2.43 bits per heavy atom. The van der Waals surface area contributed by atoms with Crippen LogP contribution < -0.4 is 4.90 Å². The Labute approximate surface area is 186 Å². The summed E-state index contributed by atoms with van der Waals surface area (Å²) in [6.07, 6.45) is 0.155. The molecule has 7 heteroatoms. The summed E-state index contributed by atoms with van der Waals surface area (Å²) in [6.45, 7) is -12.9. The summed E-state index contributed by atoms with van der Waals surface area (Å²) in [6, 6.07) is 10.3. The third-order valence-corrected chi connectivity index (χ3v) is 5.74. The maximum absolute atomic E-state index is 9.95. The minimum Gasteiger partial charge on any atom is -0.508 e. The van der Waals surface area contributed by atoms with Crippen molar-refractivity contribution in [2.45, 2.75) is 16.2 Å². The van der Waals surface area contributed by atoms with Gasteiger partial charge < -0.3 is 20.0 Å². The number of hydrogen-bond donors (Lipinski definition) is 2. The monoisotopic (exact) mass is 427 g/mol. The van der Waals surface area contributed by atoms with Crippen LogP contribution in [0, 0.1) is 0 Å². The van der Waals surface area contributed by atoms with Gasteiger partial charge in [-0.25, -0.2) is 0 Å². The first-order valence-corrected chi connectivity index (χ1v) is 10.1. The molecule has 0 unspecified atom stereocenters. The maximum Gasteiger partial charge on any atom is 0.116 e. The highest BCUT2D eigenvalue weighted by Gasteiger charge is 2.24. The van der Waals surface area contributed by atoms with Crippen LogP contribution >= 0.6 is 23.4 Å². The lowest BCUT2D eigenvalue weighted by atomic mass is 10.2. The van der Waals surface area contributed by atoms with Crippen LogP contribution in [0.2, 0.25) is 5.02 Å². The molecule has 2 aromatic rings. The topological polar surface area (TPSA) is 50.2 Å². The van der Waals surface area contributed by atoms with E-state index in [9.17, 15) is 10.2 Å². The van der Waals surface area contributed by atoms with E-state index in [0.717, 1.165) is 21.2 Å². The van der Waals surface area contributed by atoms with E-state index in [-0.39, 0.29) is 25.3 Å². The zero-order chi connectivity index (χ0) is 26.7. The van der Waals surface area contributed by atoms with Gasteiger partial charge in [0.1, 0.15) is 5.75 Å². The molecule has 0 bridgehead atoms. The summed E-state index contributed by atoms with van der Waals surface area (Å²) in [5.41, 5.74) is 1.56. The largest absolute Gasteiger partial charge is 0.508 e. The number of anilines is 2. The predicted octanol–water partition coefficient (Wildman–Crippen LogP) is 3.65. The van der Waals surface area contributed by atoms with Crippen molar-refractivity contribution in [3.8, 4) is 5.75 Å². The molecule has 2 aliphatic rings. The van der Waals surface area contributed by atoms with E-state index in [1.54, 1.807) is 30.3 Å². The minimum absolute atomic E-state index is 0.102. The molecule has 0 amide bonds.